The van der Waals surface area contributed by atoms with Crippen molar-refractivity contribution in [2.75, 3.05) is 19.8 Å². The number of hydrogen-bond acceptors (Lipinski definition) is 4. The van der Waals surface area contributed by atoms with Crippen molar-refractivity contribution in [1.29, 1.82) is 0 Å². The van der Waals surface area contributed by atoms with Crippen LogP contribution in [0.15, 0.2) is 0 Å². The maximum atomic E-state index is 5.97. The summed E-state index contributed by atoms with van der Waals surface area (Å²) in [7, 11) is 0.642. The maximum Gasteiger partial charge on any atom is 0.309 e. The molecule has 0 saturated heterocycles. The fraction of sp³-hybridized carbons (Fsp3) is 1.00. The molecule has 0 heterocycles. The van der Waals surface area contributed by atoms with Gasteiger partial charge in [0.1, 0.15) is 16.6 Å². The van der Waals surface area contributed by atoms with E-state index >= 15 is 0 Å². The van der Waals surface area contributed by atoms with Crippen LogP contribution in [0.3, 0.4) is 0 Å². The van der Waals surface area contributed by atoms with Crippen LogP contribution < -0.4 is 0 Å². The summed E-state index contributed by atoms with van der Waals surface area (Å²) in [6.45, 7) is 10.3. The molecule has 0 fully saturated rings. The second-order valence-corrected chi connectivity index (χ2v) is 5.56. The van der Waals surface area contributed by atoms with E-state index in [0.717, 1.165) is 38.5 Å². The Kier molecular flexibility index (Phi) is 12.8. The summed E-state index contributed by atoms with van der Waals surface area (Å²) in [5.41, 5.74) is 0. The maximum absolute atomic E-state index is 5.97. The van der Waals surface area contributed by atoms with Crippen molar-refractivity contribution in [3.05, 3.63) is 0 Å². The zero-order valence-electron chi connectivity index (χ0n) is 14.1. The van der Waals surface area contributed by atoms with Crippen molar-refractivity contribution in [3.8, 4) is 0 Å². The molecule has 0 aromatic heterocycles. The Morgan fingerprint density at radius 1 is 0.800 bits per heavy atom. The Bertz CT molecular complexity index is 188. The lowest BCUT2D eigenvalue weighted by Gasteiger charge is -2.37. The number of unbranched alkanes of at least 4 members (excludes halogenated alkanes) is 3. The van der Waals surface area contributed by atoms with Gasteiger partial charge in [0.15, 0.2) is 0 Å². The van der Waals surface area contributed by atoms with Gasteiger partial charge in [-0.25, -0.2) is 0 Å². The topological polar surface area (TPSA) is 36.9 Å². The molecule has 5 heteroatoms. The van der Waals surface area contributed by atoms with E-state index in [2.05, 4.69) is 20.8 Å². The Balaban J connectivity index is 4.66. The summed E-state index contributed by atoms with van der Waals surface area (Å²) in [5.74, 6) is -1.03. The lowest BCUT2D eigenvalue weighted by Crippen LogP contribution is -2.50. The molecule has 4 nitrogen and oxygen atoms in total. The molecule has 0 rings (SSSR count). The highest BCUT2D eigenvalue weighted by atomic mass is 28.2. The highest BCUT2D eigenvalue weighted by Crippen LogP contribution is 2.24. The van der Waals surface area contributed by atoms with E-state index < -0.39 is 5.97 Å². The molecule has 0 aliphatic carbocycles. The molecular formula is C15H34O4Si. The molecule has 0 aliphatic heterocycles. The van der Waals surface area contributed by atoms with Gasteiger partial charge in [0, 0.05) is 0 Å². The van der Waals surface area contributed by atoms with Gasteiger partial charge in [-0.15, -0.1) is 0 Å². The number of ether oxygens (including phenoxy) is 3. The quantitative estimate of drug-likeness (QED) is 0.281. The highest BCUT2D eigenvalue weighted by Gasteiger charge is 2.40. The normalized spacial score (nSPS) is 13.8. The lowest BCUT2D eigenvalue weighted by atomic mass is 10.3. The number of hydrogen-bond donors (Lipinski definition) is 0. The van der Waals surface area contributed by atoms with E-state index in [4.69, 9.17) is 18.6 Å². The van der Waals surface area contributed by atoms with E-state index in [9.17, 15) is 0 Å². The van der Waals surface area contributed by atoms with Crippen molar-refractivity contribution in [2.45, 2.75) is 78.3 Å². The summed E-state index contributed by atoms with van der Waals surface area (Å²) in [5, 5.41) is 0. The van der Waals surface area contributed by atoms with Crippen molar-refractivity contribution in [1.82, 2.24) is 0 Å². The predicted molar refractivity (Wildman–Crippen MR) is 85.8 cm³/mol. The van der Waals surface area contributed by atoms with Gasteiger partial charge in [0.05, 0.1) is 19.8 Å². The van der Waals surface area contributed by atoms with Crippen LogP contribution in [0, 0.1) is 0 Å². The average Bonchev–Trinajstić information content (AvgIpc) is 2.46. The predicted octanol–water partition coefficient (Wildman–Crippen LogP) is 2.78. The molecule has 122 valence electrons. The molecule has 0 N–H and O–H groups in total. The van der Waals surface area contributed by atoms with E-state index in [1.807, 2.05) is 6.92 Å². The van der Waals surface area contributed by atoms with Gasteiger partial charge in [0.2, 0.25) is 0 Å². The summed E-state index contributed by atoms with van der Waals surface area (Å²) in [6, 6.07) is 0. The molecule has 1 atom stereocenters. The van der Waals surface area contributed by atoms with Crippen molar-refractivity contribution < 1.29 is 18.6 Å². The molecular weight excluding hydrogens is 272 g/mol. The zero-order chi connectivity index (χ0) is 15.3. The Hall–Kier alpha value is 0.0569. The van der Waals surface area contributed by atoms with E-state index in [1.54, 1.807) is 0 Å². The molecule has 0 amide bonds. The zero-order valence-corrected chi connectivity index (χ0v) is 16.1. The monoisotopic (exact) mass is 306 g/mol. The molecule has 0 spiro atoms. The van der Waals surface area contributed by atoms with Crippen LogP contribution in [0.25, 0.3) is 0 Å². The number of rotatable bonds is 14. The third-order valence-corrected chi connectivity index (χ3v) is 3.96. The summed E-state index contributed by atoms with van der Waals surface area (Å²) in [6.07, 6.45) is 6.10. The van der Waals surface area contributed by atoms with Gasteiger partial charge in [-0.3, -0.25) is 0 Å². The Morgan fingerprint density at radius 2 is 1.15 bits per heavy atom. The summed E-state index contributed by atoms with van der Waals surface area (Å²) >= 11 is 0. The van der Waals surface area contributed by atoms with Crippen LogP contribution in [0.5, 0.6) is 0 Å². The smallest absolute Gasteiger partial charge is 0.309 e. The van der Waals surface area contributed by atoms with Crippen molar-refractivity contribution in [3.63, 3.8) is 0 Å². The minimum absolute atomic E-state index is 0.195. The lowest BCUT2D eigenvalue weighted by molar-refractivity contribution is -0.407. The molecule has 0 aromatic carbocycles. The first-order valence-corrected chi connectivity index (χ1v) is 8.93. The first-order chi connectivity index (χ1) is 9.66. The van der Waals surface area contributed by atoms with Crippen LogP contribution in [0.4, 0.5) is 0 Å². The third-order valence-electron chi connectivity index (χ3n) is 3.25. The van der Waals surface area contributed by atoms with Gasteiger partial charge in [0.25, 0.3) is 0 Å². The summed E-state index contributed by atoms with van der Waals surface area (Å²) < 4.78 is 23.5. The van der Waals surface area contributed by atoms with Gasteiger partial charge >= 0.3 is 5.97 Å². The second-order valence-electron chi connectivity index (χ2n) is 5.09. The largest absolute Gasteiger partial charge is 0.417 e. The first kappa shape index (κ1) is 20.1. The highest BCUT2D eigenvalue weighted by molar-refractivity contribution is 5.98. The first-order valence-electron chi connectivity index (χ1n) is 8.11. The minimum atomic E-state index is -1.03. The minimum Gasteiger partial charge on any atom is -0.417 e. The Morgan fingerprint density at radius 3 is 1.40 bits per heavy atom. The van der Waals surface area contributed by atoms with Gasteiger partial charge in [-0.2, -0.15) is 0 Å². The van der Waals surface area contributed by atoms with E-state index in [0.29, 0.717) is 30.3 Å². The van der Waals surface area contributed by atoms with Crippen LogP contribution in [0.1, 0.15) is 66.2 Å². The molecule has 1 unspecified atom stereocenters. The van der Waals surface area contributed by atoms with Gasteiger partial charge < -0.3 is 18.6 Å². The molecule has 0 aromatic rings. The average molecular weight is 307 g/mol. The second kappa shape index (κ2) is 12.8. The Labute approximate surface area is 128 Å². The fourth-order valence-electron chi connectivity index (χ4n) is 1.70. The molecule has 0 radical (unpaired) electrons. The fourth-order valence-corrected chi connectivity index (χ4v) is 1.99. The molecule has 0 aliphatic rings. The molecule has 0 saturated carbocycles. The SMILES string of the molecule is CCCCOC(OCCCC)(OCCCC)C(C)O[SiH3]. The van der Waals surface area contributed by atoms with Crippen LogP contribution in [-0.4, -0.2) is 42.4 Å². The third kappa shape index (κ3) is 7.74. The summed E-state index contributed by atoms with van der Waals surface area (Å²) in [4.78, 5) is 0. The van der Waals surface area contributed by atoms with Gasteiger partial charge in [-0.1, -0.05) is 40.0 Å². The van der Waals surface area contributed by atoms with Crippen molar-refractivity contribution in [2.24, 2.45) is 0 Å². The molecule has 0 bridgehead atoms. The molecule has 20 heavy (non-hydrogen) atoms. The van der Waals surface area contributed by atoms with E-state index in [1.165, 1.54) is 0 Å². The van der Waals surface area contributed by atoms with Gasteiger partial charge in [-0.05, 0) is 26.2 Å². The standard InChI is InChI=1S/C15H34O4Si/c1-5-8-11-16-15(14(4)19-20,17-12-9-6-2)18-13-10-7-3/h14H,5-13H2,1-4,20H3. The van der Waals surface area contributed by atoms with Crippen LogP contribution in [-0.2, 0) is 18.6 Å². The van der Waals surface area contributed by atoms with Crippen LogP contribution in [0.2, 0.25) is 0 Å². The van der Waals surface area contributed by atoms with Crippen molar-refractivity contribution >= 4 is 10.5 Å². The van der Waals surface area contributed by atoms with E-state index in [-0.39, 0.29) is 6.10 Å². The van der Waals surface area contributed by atoms with Crippen LogP contribution >= 0.6 is 0 Å².